The molecule has 0 amide bonds. The number of rotatable bonds is 6. The van der Waals surface area contributed by atoms with E-state index in [0.29, 0.717) is 11.5 Å². The number of aliphatic hydroxyl groups excluding tert-OH is 1. The van der Waals surface area contributed by atoms with Crippen molar-refractivity contribution in [3.05, 3.63) is 59.4 Å². The van der Waals surface area contributed by atoms with Crippen LogP contribution in [0, 0.1) is 5.82 Å². The number of hydrogen-bond donors (Lipinski definition) is 2. The van der Waals surface area contributed by atoms with Crippen LogP contribution in [0.2, 0.25) is 0 Å². The highest BCUT2D eigenvalue weighted by Gasteiger charge is 2.13. The molecule has 2 N–H and O–H groups in total. The summed E-state index contributed by atoms with van der Waals surface area (Å²) < 4.78 is 19.3. The van der Waals surface area contributed by atoms with Crippen LogP contribution >= 0.6 is 0 Å². The molecule has 0 aliphatic rings. The van der Waals surface area contributed by atoms with Crippen molar-refractivity contribution in [1.82, 2.24) is 5.32 Å². The number of nitrogens with one attached hydrogen (secondary N) is 1. The van der Waals surface area contributed by atoms with E-state index in [9.17, 15) is 4.39 Å². The highest BCUT2D eigenvalue weighted by atomic mass is 19.1. The summed E-state index contributed by atoms with van der Waals surface area (Å²) in [5, 5.41) is 12.3. The normalized spacial score (nSPS) is 12.2. The molecule has 0 fully saturated rings. The largest absolute Gasteiger partial charge is 0.457 e. The average molecular weight is 289 g/mol. The number of ether oxygens (including phenoxy) is 1. The lowest BCUT2D eigenvalue weighted by Crippen LogP contribution is -2.18. The molecule has 2 aromatic carbocycles. The number of benzene rings is 2. The van der Waals surface area contributed by atoms with Crippen molar-refractivity contribution in [2.24, 2.45) is 0 Å². The van der Waals surface area contributed by atoms with Gasteiger partial charge in [-0.2, -0.15) is 0 Å². The standard InChI is InChI=1S/C17H20FNO2/c1-3-19-12(2)16-10-14(18)6-9-17(16)21-15-7-4-13(11-20)5-8-15/h4-10,12,19-20H,3,11H2,1-2H3. The second kappa shape index (κ2) is 7.20. The van der Waals surface area contributed by atoms with E-state index < -0.39 is 0 Å². The van der Waals surface area contributed by atoms with E-state index in [1.807, 2.05) is 13.8 Å². The molecule has 0 radical (unpaired) electrons. The minimum atomic E-state index is -0.280. The third-order valence-electron chi connectivity index (χ3n) is 3.28. The Morgan fingerprint density at radius 1 is 1.19 bits per heavy atom. The van der Waals surface area contributed by atoms with Gasteiger partial charge < -0.3 is 15.2 Å². The summed E-state index contributed by atoms with van der Waals surface area (Å²) in [6.45, 7) is 4.77. The third-order valence-corrected chi connectivity index (χ3v) is 3.28. The van der Waals surface area contributed by atoms with Gasteiger partial charge in [-0.25, -0.2) is 4.39 Å². The number of hydrogen-bond acceptors (Lipinski definition) is 3. The smallest absolute Gasteiger partial charge is 0.132 e. The fraction of sp³-hybridized carbons (Fsp3) is 0.294. The quantitative estimate of drug-likeness (QED) is 0.850. The Balaban J connectivity index is 2.25. The molecule has 0 aromatic heterocycles. The summed E-state index contributed by atoms with van der Waals surface area (Å²) in [4.78, 5) is 0. The average Bonchev–Trinajstić information content (AvgIpc) is 2.50. The molecular formula is C17H20FNO2. The van der Waals surface area contributed by atoms with Crippen LogP contribution in [0.3, 0.4) is 0 Å². The second-order valence-electron chi connectivity index (χ2n) is 4.87. The lowest BCUT2D eigenvalue weighted by Gasteiger charge is -2.17. The molecular weight excluding hydrogens is 269 g/mol. The molecule has 0 heterocycles. The van der Waals surface area contributed by atoms with E-state index in [1.54, 1.807) is 30.3 Å². The van der Waals surface area contributed by atoms with Gasteiger partial charge in [-0.3, -0.25) is 0 Å². The van der Waals surface area contributed by atoms with E-state index in [-0.39, 0.29) is 18.5 Å². The zero-order chi connectivity index (χ0) is 15.2. The first kappa shape index (κ1) is 15.5. The number of aliphatic hydroxyl groups is 1. The van der Waals surface area contributed by atoms with Crippen molar-refractivity contribution in [2.75, 3.05) is 6.54 Å². The molecule has 3 nitrogen and oxygen atoms in total. The van der Waals surface area contributed by atoms with Crippen molar-refractivity contribution in [3.8, 4) is 11.5 Å². The third kappa shape index (κ3) is 4.03. The molecule has 2 aromatic rings. The maximum Gasteiger partial charge on any atom is 0.132 e. The fourth-order valence-electron chi connectivity index (χ4n) is 2.16. The topological polar surface area (TPSA) is 41.5 Å². The summed E-state index contributed by atoms with van der Waals surface area (Å²) in [5.74, 6) is 1.00. The van der Waals surface area contributed by atoms with E-state index in [2.05, 4.69) is 5.32 Å². The Hall–Kier alpha value is -1.91. The van der Waals surface area contributed by atoms with Gasteiger partial charge in [0.25, 0.3) is 0 Å². The molecule has 0 saturated heterocycles. The van der Waals surface area contributed by atoms with Crippen LogP contribution in [0.15, 0.2) is 42.5 Å². The van der Waals surface area contributed by atoms with Gasteiger partial charge in [0.1, 0.15) is 17.3 Å². The van der Waals surface area contributed by atoms with Gasteiger partial charge in [0.05, 0.1) is 6.61 Å². The molecule has 21 heavy (non-hydrogen) atoms. The molecule has 0 saturated carbocycles. The Bertz CT molecular complexity index is 584. The van der Waals surface area contributed by atoms with E-state index >= 15 is 0 Å². The Morgan fingerprint density at radius 2 is 1.90 bits per heavy atom. The van der Waals surface area contributed by atoms with Gasteiger partial charge in [-0.1, -0.05) is 19.1 Å². The van der Waals surface area contributed by atoms with Crippen molar-refractivity contribution >= 4 is 0 Å². The Morgan fingerprint density at radius 3 is 2.52 bits per heavy atom. The van der Waals surface area contributed by atoms with Crippen molar-refractivity contribution in [3.63, 3.8) is 0 Å². The molecule has 1 atom stereocenters. The van der Waals surface area contributed by atoms with Crippen LogP contribution in [0.25, 0.3) is 0 Å². The van der Waals surface area contributed by atoms with Gasteiger partial charge in [0, 0.05) is 11.6 Å². The summed E-state index contributed by atoms with van der Waals surface area (Å²) in [6.07, 6.45) is 0. The molecule has 112 valence electrons. The molecule has 0 aliphatic carbocycles. The predicted octanol–water partition coefficient (Wildman–Crippen LogP) is 3.78. The van der Waals surface area contributed by atoms with E-state index in [1.165, 1.54) is 12.1 Å². The zero-order valence-electron chi connectivity index (χ0n) is 12.3. The SMILES string of the molecule is CCNC(C)c1cc(F)ccc1Oc1ccc(CO)cc1. The molecule has 0 bridgehead atoms. The van der Waals surface area contributed by atoms with Crippen LogP contribution in [0.1, 0.15) is 31.0 Å². The maximum absolute atomic E-state index is 13.5. The van der Waals surface area contributed by atoms with Crippen LogP contribution in [0.5, 0.6) is 11.5 Å². The second-order valence-corrected chi connectivity index (χ2v) is 4.87. The Labute approximate surface area is 124 Å². The monoisotopic (exact) mass is 289 g/mol. The molecule has 0 spiro atoms. The first-order valence-electron chi connectivity index (χ1n) is 7.04. The van der Waals surface area contributed by atoms with Crippen molar-refractivity contribution < 1.29 is 14.2 Å². The first-order valence-corrected chi connectivity index (χ1v) is 7.04. The summed E-state index contributed by atoms with van der Waals surface area (Å²) in [5.41, 5.74) is 1.60. The van der Waals surface area contributed by atoms with Gasteiger partial charge in [-0.15, -0.1) is 0 Å². The predicted molar refractivity (Wildman–Crippen MR) is 80.9 cm³/mol. The highest BCUT2D eigenvalue weighted by Crippen LogP contribution is 2.30. The summed E-state index contributed by atoms with van der Waals surface area (Å²) in [6, 6.07) is 11.7. The Kier molecular flexibility index (Phi) is 5.31. The van der Waals surface area contributed by atoms with Crippen LogP contribution in [-0.2, 0) is 6.61 Å². The van der Waals surface area contributed by atoms with Crippen LogP contribution < -0.4 is 10.1 Å². The van der Waals surface area contributed by atoms with Crippen LogP contribution in [0.4, 0.5) is 4.39 Å². The zero-order valence-corrected chi connectivity index (χ0v) is 12.3. The number of halogens is 1. The maximum atomic E-state index is 13.5. The van der Waals surface area contributed by atoms with Gasteiger partial charge >= 0.3 is 0 Å². The summed E-state index contributed by atoms with van der Waals surface area (Å²) in [7, 11) is 0. The molecule has 2 rings (SSSR count). The molecule has 4 heteroatoms. The van der Waals surface area contributed by atoms with Crippen molar-refractivity contribution in [2.45, 2.75) is 26.5 Å². The van der Waals surface area contributed by atoms with E-state index in [0.717, 1.165) is 17.7 Å². The minimum absolute atomic E-state index is 0.000464. The molecule has 0 aliphatic heterocycles. The van der Waals surface area contributed by atoms with E-state index in [4.69, 9.17) is 9.84 Å². The van der Waals surface area contributed by atoms with Gasteiger partial charge in [0.15, 0.2) is 0 Å². The highest BCUT2D eigenvalue weighted by molar-refractivity contribution is 5.40. The van der Waals surface area contributed by atoms with Crippen LogP contribution in [-0.4, -0.2) is 11.7 Å². The first-order chi connectivity index (χ1) is 10.1. The summed E-state index contributed by atoms with van der Waals surface area (Å²) >= 11 is 0. The van der Waals surface area contributed by atoms with Gasteiger partial charge in [-0.05, 0) is 49.4 Å². The fourth-order valence-corrected chi connectivity index (χ4v) is 2.16. The lowest BCUT2D eigenvalue weighted by molar-refractivity contribution is 0.281. The minimum Gasteiger partial charge on any atom is -0.457 e. The van der Waals surface area contributed by atoms with Crippen molar-refractivity contribution in [1.29, 1.82) is 0 Å². The van der Waals surface area contributed by atoms with Gasteiger partial charge in [0.2, 0.25) is 0 Å². The lowest BCUT2D eigenvalue weighted by atomic mass is 10.1. The molecule has 1 unspecified atom stereocenters.